The Hall–Kier alpha value is -2.33. The first kappa shape index (κ1) is 17.5. The number of carbonyl (C=O) groups excluding carboxylic acids is 1. The molecule has 4 heteroatoms. The maximum absolute atomic E-state index is 12.6. The van der Waals surface area contributed by atoms with Crippen LogP contribution in [0.15, 0.2) is 48.5 Å². The molecule has 1 aliphatic heterocycles. The van der Waals surface area contributed by atoms with E-state index in [0.717, 1.165) is 56.0 Å². The summed E-state index contributed by atoms with van der Waals surface area (Å²) in [7, 11) is 1.69. The van der Waals surface area contributed by atoms with E-state index in [9.17, 15) is 4.79 Å². The SMILES string of the molecule is COc1ccc(CCN2CCN(C(=O)c3cccc(C)c3)CC2)cc1. The minimum Gasteiger partial charge on any atom is -0.497 e. The summed E-state index contributed by atoms with van der Waals surface area (Å²) in [5.74, 6) is 1.05. The quantitative estimate of drug-likeness (QED) is 0.840. The van der Waals surface area contributed by atoms with Gasteiger partial charge in [-0.2, -0.15) is 0 Å². The van der Waals surface area contributed by atoms with E-state index in [1.165, 1.54) is 5.56 Å². The van der Waals surface area contributed by atoms with Gasteiger partial charge in [-0.05, 0) is 43.2 Å². The van der Waals surface area contributed by atoms with Crippen molar-refractivity contribution in [2.45, 2.75) is 13.3 Å². The van der Waals surface area contributed by atoms with Crippen molar-refractivity contribution >= 4 is 5.91 Å². The molecule has 4 nitrogen and oxygen atoms in total. The number of rotatable bonds is 5. The van der Waals surface area contributed by atoms with Crippen molar-refractivity contribution in [3.8, 4) is 5.75 Å². The first-order valence-electron chi connectivity index (χ1n) is 8.87. The van der Waals surface area contributed by atoms with Crippen molar-refractivity contribution in [3.63, 3.8) is 0 Å². The normalized spacial score (nSPS) is 15.2. The van der Waals surface area contributed by atoms with Crippen molar-refractivity contribution < 1.29 is 9.53 Å². The molecular formula is C21H26N2O2. The topological polar surface area (TPSA) is 32.8 Å². The monoisotopic (exact) mass is 338 g/mol. The van der Waals surface area contributed by atoms with E-state index in [4.69, 9.17) is 4.74 Å². The van der Waals surface area contributed by atoms with Gasteiger partial charge in [-0.1, -0.05) is 29.8 Å². The summed E-state index contributed by atoms with van der Waals surface area (Å²) in [4.78, 5) is 17.0. The Kier molecular flexibility index (Phi) is 5.71. The number of ether oxygens (including phenoxy) is 1. The predicted molar refractivity (Wildman–Crippen MR) is 100 cm³/mol. The highest BCUT2D eigenvalue weighted by Crippen LogP contribution is 2.14. The summed E-state index contributed by atoms with van der Waals surface area (Å²) in [6.07, 6.45) is 1.02. The van der Waals surface area contributed by atoms with Crippen molar-refractivity contribution in [2.75, 3.05) is 39.8 Å². The summed E-state index contributed by atoms with van der Waals surface area (Å²) < 4.78 is 5.19. The van der Waals surface area contributed by atoms with Crippen molar-refractivity contribution in [3.05, 3.63) is 65.2 Å². The molecule has 1 aliphatic rings. The number of piperazine rings is 1. The predicted octanol–water partition coefficient (Wildman–Crippen LogP) is 3.00. The fraction of sp³-hybridized carbons (Fsp3) is 0.381. The lowest BCUT2D eigenvalue weighted by atomic mass is 10.1. The molecule has 2 aromatic rings. The highest BCUT2D eigenvalue weighted by atomic mass is 16.5. The summed E-state index contributed by atoms with van der Waals surface area (Å²) in [5, 5.41) is 0. The molecule has 0 radical (unpaired) electrons. The van der Waals surface area contributed by atoms with Crippen LogP contribution in [0.2, 0.25) is 0 Å². The van der Waals surface area contributed by atoms with Gasteiger partial charge >= 0.3 is 0 Å². The molecule has 0 unspecified atom stereocenters. The van der Waals surface area contributed by atoms with E-state index in [1.54, 1.807) is 7.11 Å². The van der Waals surface area contributed by atoms with Crippen LogP contribution in [0.25, 0.3) is 0 Å². The molecule has 0 bridgehead atoms. The largest absolute Gasteiger partial charge is 0.497 e. The zero-order valence-corrected chi connectivity index (χ0v) is 15.1. The van der Waals surface area contributed by atoms with Gasteiger partial charge in [0.1, 0.15) is 5.75 Å². The summed E-state index contributed by atoms with van der Waals surface area (Å²) in [6, 6.07) is 16.1. The Bertz CT molecular complexity index is 704. The number of hydrogen-bond acceptors (Lipinski definition) is 3. The molecule has 0 atom stereocenters. The molecule has 132 valence electrons. The molecule has 2 aromatic carbocycles. The van der Waals surface area contributed by atoms with E-state index in [1.807, 2.05) is 48.2 Å². The number of methoxy groups -OCH3 is 1. The molecule has 1 amide bonds. The number of nitrogens with zero attached hydrogens (tertiary/aromatic N) is 2. The summed E-state index contributed by atoms with van der Waals surface area (Å²) >= 11 is 0. The van der Waals surface area contributed by atoms with Crippen molar-refractivity contribution in [2.24, 2.45) is 0 Å². The molecule has 3 rings (SSSR count). The Labute approximate surface area is 150 Å². The van der Waals surface area contributed by atoms with Gasteiger partial charge in [0.05, 0.1) is 7.11 Å². The molecule has 0 saturated carbocycles. The third kappa shape index (κ3) is 4.60. The Morgan fingerprint density at radius 2 is 1.76 bits per heavy atom. The summed E-state index contributed by atoms with van der Waals surface area (Å²) in [6.45, 7) is 6.53. The maximum Gasteiger partial charge on any atom is 0.253 e. The number of amides is 1. The highest BCUT2D eigenvalue weighted by molar-refractivity contribution is 5.94. The minimum atomic E-state index is 0.151. The van der Waals surface area contributed by atoms with Gasteiger partial charge in [-0.25, -0.2) is 0 Å². The number of aryl methyl sites for hydroxylation is 1. The van der Waals surface area contributed by atoms with Crippen LogP contribution in [0, 0.1) is 6.92 Å². The van der Waals surface area contributed by atoms with E-state index in [2.05, 4.69) is 17.0 Å². The molecular weight excluding hydrogens is 312 g/mol. The fourth-order valence-electron chi connectivity index (χ4n) is 3.21. The average Bonchev–Trinajstić information content (AvgIpc) is 2.66. The van der Waals surface area contributed by atoms with Gasteiger partial charge in [0.25, 0.3) is 5.91 Å². The Balaban J connectivity index is 1.47. The van der Waals surface area contributed by atoms with Gasteiger partial charge in [0.2, 0.25) is 0 Å². The number of hydrogen-bond donors (Lipinski definition) is 0. The van der Waals surface area contributed by atoms with Crippen LogP contribution in [0.5, 0.6) is 5.75 Å². The van der Waals surface area contributed by atoms with Crippen LogP contribution in [-0.2, 0) is 6.42 Å². The Morgan fingerprint density at radius 1 is 1.04 bits per heavy atom. The lowest BCUT2D eigenvalue weighted by Gasteiger charge is -2.34. The number of carbonyl (C=O) groups is 1. The summed E-state index contributed by atoms with van der Waals surface area (Å²) in [5.41, 5.74) is 3.25. The maximum atomic E-state index is 12.6. The van der Waals surface area contributed by atoms with Crippen LogP contribution in [0.3, 0.4) is 0 Å². The zero-order valence-electron chi connectivity index (χ0n) is 15.1. The average molecular weight is 338 g/mol. The highest BCUT2D eigenvalue weighted by Gasteiger charge is 2.21. The van der Waals surface area contributed by atoms with Crippen LogP contribution in [0.4, 0.5) is 0 Å². The molecule has 0 aromatic heterocycles. The second-order valence-electron chi connectivity index (χ2n) is 6.60. The lowest BCUT2D eigenvalue weighted by molar-refractivity contribution is 0.0638. The molecule has 1 fully saturated rings. The van der Waals surface area contributed by atoms with E-state index < -0.39 is 0 Å². The smallest absolute Gasteiger partial charge is 0.253 e. The molecule has 25 heavy (non-hydrogen) atoms. The second-order valence-corrected chi connectivity index (χ2v) is 6.60. The Morgan fingerprint density at radius 3 is 2.40 bits per heavy atom. The van der Waals surface area contributed by atoms with Gasteiger partial charge < -0.3 is 9.64 Å². The second kappa shape index (κ2) is 8.17. The fourth-order valence-corrected chi connectivity index (χ4v) is 3.21. The third-order valence-corrected chi connectivity index (χ3v) is 4.80. The molecule has 0 aliphatic carbocycles. The van der Waals surface area contributed by atoms with E-state index in [-0.39, 0.29) is 5.91 Å². The van der Waals surface area contributed by atoms with Crippen LogP contribution < -0.4 is 4.74 Å². The standard InChI is InChI=1S/C21H26N2O2/c1-17-4-3-5-19(16-17)21(24)23-14-12-22(13-15-23)11-10-18-6-8-20(25-2)9-7-18/h3-9,16H,10-15H2,1-2H3. The number of benzene rings is 2. The molecule has 0 spiro atoms. The third-order valence-electron chi connectivity index (χ3n) is 4.80. The molecule has 0 N–H and O–H groups in total. The van der Waals surface area contributed by atoms with Crippen LogP contribution in [-0.4, -0.2) is 55.5 Å². The first-order chi connectivity index (χ1) is 12.2. The van der Waals surface area contributed by atoms with Gasteiger partial charge in [-0.3, -0.25) is 9.69 Å². The van der Waals surface area contributed by atoms with Crippen LogP contribution in [0.1, 0.15) is 21.5 Å². The van der Waals surface area contributed by atoms with Crippen molar-refractivity contribution in [1.29, 1.82) is 0 Å². The van der Waals surface area contributed by atoms with Gasteiger partial charge in [-0.15, -0.1) is 0 Å². The minimum absolute atomic E-state index is 0.151. The zero-order chi connectivity index (χ0) is 17.6. The van der Waals surface area contributed by atoms with E-state index in [0.29, 0.717) is 0 Å². The van der Waals surface area contributed by atoms with Crippen LogP contribution >= 0.6 is 0 Å². The van der Waals surface area contributed by atoms with Gasteiger partial charge in [0, 0.05) is 38.3 Å². The van der Waals surface area contributed by atoms with Crippen molar-refractivity contribution in [1.82, 2.24) is 9.80 Å². The lowest BCUT2D eigenvalue weighted by Crippen LogP contribution is -2.49. The van der Waals surface area contributed by atoms with Gasteiger partial charge in [0.15, 0.2) is 0 Å². The molecule has 1 saturated heterocycles. The van der Waals surface area contributed by atoms with E-state index >= 15 is 0 Å². The molecule has 1 heterocycles. The first-order valence-corrected chi connectivity index (χ1v) is 8.87.